The van der Waals surface area contributed by atoms with E-state index in [9.17, 15) is 24.3 Å². The molecule has 0 aliphatic carbocycles. The van der Waals surface area contributed by atoms with Crippen LogP contribution in [0.3, 0.4) is 0 Å². The second kappa shape index (κ2) is 9.42. The van der Waals surface area contributed by atoms with Crippen molar-refractivity contribution < 1.29 is 38.5 Å². The van der Waals surface area contributed by atoms with Crippen LogP contribution in [0.4, 0.5) is 9.59 Å². The highest BCUT2D eigenvalue weighted by atomic mass is 16.6. The largest absolute Gasteiger partial charge is 0.481 e. The van der Waals surface area contributed by atoms with Gasteiger partial charge in [-0.15, -0.1) is 0 Å². The maximum Gasteiger partial charge on any atom is 0.420 e. The van der Waals surface area contributed by atoms with Gasteiger partial charge in [0.1, 0.15) is 16.8 Å². The van der Waals surface area contributed by atoms with Crippen LogP contribution in [-0.2, 0) is 23.8 Å². The quantitative estimate of drug-likeness (QED) is 0.496. The molecule has 178 valence electrons. The van der Waals surface area contributed by atoms with Crippen molar-refractivity contribution in [2.24, 2.45) is 5.92 Å². The Labute approximate surface area is 183 Å². The van der Waals surface area contributed by atoms with Gasteiger partial charge in [-0.3, -0.25) is 9.59 Å². The Morgan fingerprint density at radius 3 is 1.61 bits per heavy atom. The van der Waals surface area contributed by atoms with E-state index in [1.807, 2.05) is 0 Å². The van der Waals surface area contributed by atoms with Gasteiger partial charge in [-0.2, -0.15) is 0 Å². The Kier molecular flexibility index (Phi) is 8.10. The summed E-state index contributed by atoms with van der Waals surface area (Å²) in [5.74, 6) is -2.81. The van der Waals surface area contributed by atoms with Gasteiger partial charge in [0.05, 0.1) is 18.4 Å². The number of rotatable bonds is 4. The molecule has 0 aromatic carbocycles. The van der Waals surface area contributed by atoms with Gasteiger partial charge in [-0.05, 0) is 62.3 Å². The molecular formula is C21H36N2O8. The number of carbonyl (C=O) groups is 4. The van der Waals surface area contributed by atoms with Crippen LogP contribution in [0, 0.1) is 5.92 Å². The molecule has 0 aromatic heterocycles. The fourth-order valence-electron chi connectivity index (χ4n) is 3.08. The van der Waals surface area contributed by atoms with E-state index >= 15 is 0 Å². The summed E-state index contributed by atoms with van der Waals surface area (Å²) in [6, 6.07) is -2.06. The topological polar surface area (TPSA) is 131 Å². The van der Waals surface area contributed by atoms with Crippen LogP contribution in [0.25, 0.3) is 0 Å². The lowest BCUT2D eigenvalue weighted by Gasteiger charge is -2.36. The first-order chi connectivity index (χ1) is 13.8. The highest BCUT2D eigenvalue weighted by Crippen LogP contribution is 2.29. The molecule has 1 fully saturated rings. The zero-order valence-electron chi connectivity index (χ0n) is 19.9. The van der Waals surface area contributed by atoms with Gasteiger partial charge in [-0.1, -0.05) is 0 Å². The average Bonchev–Trinajstić information content (AvgIpc) is 2.84. The first kappa shape index (κ1) is 26.7. The molecule has 0 bridgehead atoms. The molecule has 31 heavy (non-hydrogen) atoms. The lowest BCUT2D eigenvalue weighted by molar-refractivity contribution is -0.161. The SMILES string of the molecule is CC(C)(C)OC(=O)[C@@H]1CN[C@@H](CC(=O)O)[C@@H]1N(C(=O)OC(C)(C)C)C(=O)OC(C)(C)C. The normalized spacial score (nSPS) is 21.9. The molecule has 1 saturated heterocycles. The van der Waals surface area contributed by atoms with Crippen LogP contribution in [0.15, 0.2) is 0 Å². The Balaban J connectivity index is 3.44. The molecule has 0 radical (unpaired) electrons. The molecule has 2 N–H and O–H groups in total. The summed E-state index contributed by atoms with van der Waals surface area (Å²) >= 11 is 0. The van der Waals surface area contributed by atoms with Gasteiger partial charge in [0.15, 0.2) is 0 Å². The summed E-state index contributed by atoms with van der Waals surface area (Å²) in [4.78, 5) is 51.1. The van der Waals surface area contributed by atoms with Crippen molar-refractivity contribution in [3.05, 3.63) is 0 Å². The number of carboxylic acid groups (broad SMARTS) is 1. The number of esters is 1. The maximum atomic E-state index is 13.0. The van der Waals surface area contributed by atoms with E-state index < -0.39 is 65.4 Å². The lowest BCUT2D eigenvalue weighted by Crippen LogP contribution is -2.56. The summed E-state index contributed by atoms with van der Waals surface area (Å²) in [6.45, 7) is 14.9. The van der Waals surface area contributed by atoms with Gasteiger partial charge < -0.3 is 24.6 Å². The third kappa shape index (κ3) is 8.72. The smallest absolute Gasteiger partial charge is 0.420 e. The van der Waals surface area contributed by atoms with E-state index in [0.29, 0.717) is 4.90 Å². The number of carbonyl (C=O) groups excluding carboxylic acids is 3. The summed E-state index contributed by atoms with van der Waals surface area (Å²) in [7, 11) is 0. The molecule has 0 spiro atoms. The number of nitrogens with one attached hydrogen (secondary N) is 1. The van der Waals surface area contributed by atoms with Gasteiger partial charge in [0.25, 0.3) is 0 Å². The van der Waals surface area contributed by atoms with Crippen LogP contribution in [0.5, 0.6) is 0 Å². The lowest BCUT2D eigenvalue weighted by atomic mass is 9.95. The fourth-order valence-corrected chi connectivity index (χ4v) is 3.08. The van der Waals surface area contributed by atoms with Crippen molar-refractivity contribution in [1.82, 2.24) is 10.2 Å². The third-order valence-electron chi connectivity index (χ3n) is 4.01. The van der Waals surface area contributed by atoms with Crippen molar-refractivity contribution in [2.75, 3.05) is 6.54 Å². The predicted molar refractivity (Wildman–Crippen MR) is 111 cm³/mol. The Hall–Kier alpha value is -2.36. The minimum atomic E-state index is -1.17. The molecule has 10 nitrogen and oxygen atoms in total. The van der Waals surface area contributed by atoms with E-state index in [1.54, 1.807) is 62.3 Å². The molecule has 0 aromatic rings. The zero-order chi connectivity index (χ0) is 24.4. The average molecular weight is 445 g/mol. The number of aliphatic carboxylic acids is 1. The second-order valence-corrected chi connectivity index (χ2v) is 10.6. The van der Waals surface area contributed by atoms with Crippen LogP contribution in [-0.4, -0.2) is 69.6 Å². The first-order valence-corrected chi connectivity index (χ1v) is 10.2. The van der Waals surface area contributed by atoms with Crippen LogP contribution in [0.1, 0.15) is 68.7 Å². The highest BCUT2D eigenvalue weighted by molar-refractivity contribution is 5.90. The molecule has 1 rings (SSSR count). The van der Waals surface area contributed by atoms with Gasteiger partial charge >= 0.3 is 24.1 Å². The summed E-state index contributed by atoms with van der Waals surface area (Å²) in [5, 5.41) is 12.3. The molecule has 0 saturated carbocycles. The molecule has 10 heteroatoms. The van der Waals surface area contributed by atoms with Crippen LogP contribution < -0.4 is 5.32 Å². The van der Waals surface area contributed by atoms with Crippen molar-refractivity contribution in [3.63, 3.8) is 0 Å². The van der Waals surface area contributed by atoms with E-state index in [0.717, 1.165) is 0 Å². The zero-order valence-corrected chi connectivity index (χ0v) is 19.9. The van der Waals surface area contributed by atoms with Crippen molar-refractivity contribution in [1.29, 1.82) is 0 Å². The number of amides is 2. The second-order valence-electron chi connectivity index (χ2n) is 10.6. The van der Waals surface area contributed by atoms with E-state index in [2.05, 4.69) is 5.32 Å². The third-order valence-corrected chi connectivity index (χ3v) is 4.01. The Bertz CT molecular complexity index is 672. The molecule has 1 aliphatic rings. The fraction of sp³-hybridized carbons (Fsp3) is 0.810. The molecule has 1 heterocycles. The predicted octanol–water partition coefficient (Wildman–Crippen LogP) is 2.93. The molecule has 0 unspecified atom stereocenters. The van der Waals surface area contributed by atoms with Crippen molar-refractivity contribution in [3.8, 4) is 0 Å². The summed E-state index contributed by atoms with van der Waals surface area (Å²) < 4.78 is 16.2. The van der Waals surface area contributed by atoms with E-state index in [-0.39, 0.29) is 6.54 Å². The molecule has 2 amide bonds. The van der Waals surface area contributed by atoms with E-state index in [1.165, 1.54) is 0 Å². The first-order valence-electron chi connectivity index (χ1n) is 10.2. The number of imide groups is 1. The standard InChI is InChI=1S/C21H36N2O8/c1-19(2,3)29-16(26)12-11-22-13(10-14(24)25)15(12)23(17(27)30-20(4,5)6)18(28)31-21(7,8)9/h12-13,15,22H,10-11H2,1-9H3,(H,24,25)/t12-,13+,15-/m1/s1. The summed E-state index contributed by atoms with van der Waals surface area (Å²) in [5.41, 5.74) is -2.69. The van der Waals surface area contributed by atoms with Crippen molar-refractivity contribution >= 4 is 24.1 Å². The van der Waals surface area contributed by atoms with Crippen molar-refractivity contribution in [2.45, 2.75) is 97.6 Å². The maximum absolute atomic E-state index is 13.0. The summed E-state index contributed by atoms with van der Waals surface area (Å²) in [6.07, 6.45) is -2.48. The minimum absolute atomic E-state index is 0.0274. The number of ether oxygens (including phenoxy) is 3. The van der Waals surface area contributed by atoms with Gasteiger partial charge in [0, 0.05) is 12.6 Å². The number of hydrogen-bond acceptors (Lipinski definition) is 8. The van der Waals surface area contributed by atoms with Crippen LogP contribution in [0.2, 0.25) is 0 Å². The number of carboxylic acids is 1. The molecule has 3 atom stereocenters. The molecular weight excluding hydrogens is 408 g/mol. The number of hydrogen-bond donors (Lipinski definition) is 2. The van der Waals surface area contributed by atoms with Gasteiger partial charge in [-0.25, -0.2) is 14.5 Å². The highest BCUT2D eigenvalue weighted by Gasteiger charge is 2.51. The van der Waals surface area contributed by atoms with E-state index in [4.69, 9.17) is 14.2 Å². The minimum Gasteiger partial charge on any atom is -0.481 e. The number of nitrogens with zero attached hydrogens (tertiary/aromatic N) is 1. The Morgan fingerprint density at radius 1 is 0.839 bits per heavy atom. The molecule has 1 aliphatic heterocycles. The Morgan fingerprint density at radius 2 is 1.26 bits per heavy atom. The monoisotopic (exact) mass is 444 g/mol. The van der Waals surface area contributed by atoms with Crippen LogP contribution >= 0.6 is 0 Å². The van der Waals surface area contributed by atoms with Gasteiger partial charge in [0.2, 0.25) is 0 Å².